The number of methoxy groups -OCH3 is 1. The van der Waals surface area contributed by atoms with E-state index in [-0.39, 0.29) is 6.10 Å². The summed E-state index contributed by atoms with van der Waals surface area (Å²) in [5.74, 6) is 0.461. The smallest absolute Gasteiger partial charge is 0.0662 e. The van der Waals surface area contributed by atoms with Crippen molar-refractivity contribution < 1.29 is 8.95 Å². The zero-order valence-corrected chi connectivity index (χ0v) is 11.1. The van der Waals surface area contributed by atoms with Gasteiger partial charge in [0.2, 0.25) is 0 Å². The Bertz CT molecular complexity index is 370. The fourth-order valence-corrected chi connectivity index (χ4v) is 2.76. The molecule has 2 N–H and O–H groups in total. The van der Waals surface area contributed by atoms with Crippen molar-refractivity contribution in [1.82, 2.24) is 0 Å². The summed E-state index contributed by atoms with van der Waals surface area (Å²) in [6.07, 6.45) is -0.0334. The monoisotopic (exact) mass is 291 g/mol. The molecule has 0 spiro atoms. The number of hydrogen-bond donors (Lipinski definition) is 1. The second-order valence-electron chi connectivity index (χ2n) is 3.24. The number of nitrogen functional groups attached to an aromatic ring is 1. The second kappa shape index (κ2) is 5.63. The number of rotatable bonds is 4. The van der Waals surface area contributed by atoms with E-state index in [1.54, 1.807) is 19.2 Å². The van der Waals surface area contributed by atoms with Gasteiger partial charge in [-0.2, -0.15) is 0 Å². The van der Waals surface area contributed by atoms with Crippen LogP contribution in [-0.2, 0) is 15.5 Å². The van der Waals surface area contributed by atoms with Gasteiger partial charge in [0, 0.05) is 17.3 Å². The Morgan fingerprint density at radius 1 is 1.60 bits per heavy atom. The molecule has 0 amide bonds. The third kappa shape index (κ3) is 3.59. The van der Waals surface area contributed by atoms with E-state index in [0.717, 1.165) is 4.47 Å². The van der Waals surface area contributed by atoms with Crippen molar-refractivity contribution in [1.29, 1.82) is 0 Å². The van der Waals surface area contributed by atoms with Crippen molar-refractivity contribution in [2.24, 2.45) is 0 Å². The van der Waals surface area contributed by atoms with Gasteiger partial charge in [-0.25, -0.2) is 0 Å². The molecule has 0 saturated carbocycles. The molecule has 0 aliphatic heterocycles. The molecule has 0 bridgehead atoms. The average molecular weight is 292 g/mol. The number of hydrogen-bond acceptors (Lipinski definition) is 3. The summed E-state index contributed by atoms with van der Waals surface area (Å²) in [6.45, 7) is 1.88. The summed E-state index contributed by atoms with van der Waals surface area (Å²) < 4.78 is 17.8. The van der Waals surface area contributed by atoms with E-state index >= 15 is 0 Å². The molecule has 0 aromatic heterocycles. The van der Waals surface area contributed by atoms with Gasteiger partial charge < -0.3 is 10.5 Å². The van der Waals surface area contributed by atoms with Crippen molar-refractivity contribution in [3.8, 4) is 0 Å². The fourth-order valence-electron chi connectivity index (χ4n) is 1.10. The Morgan fingerprint density at radius 3 is 2.80 bits per heavy atom. The first kappa shape index (κ1) is 12.7. The molecular weight excluding hydrogens is 278 g/mol. The molecule has 2 atom stereocenters. The van der Waals surface area contributed by atoms with Crippen LogP contribution in [-0.4, -0.2) is 23.2 Å². The van der Waals surface area contributed by atoms with Crippen molar-refractivity contribution in [2.75, 3.05) is 18.6 Å². The van der Waals surface area contributed by atoms with Crippen LogP contribution in [0.5, 0.6) is 0 Å². The largest absolute Gasteiger partial charge is 0.398 e. The minimum absolute atomic E-state index is 0.0334. The van der Waals surface area contributed by atoms with Gasteiger partial charge in [-0.05, 0) is 25.1 Å². The molecule has 2 unspecified atom stereocenters. The number of anilines is 1. The Labute approximate surface area is 101 Å². The summed E-state index contributed by atoms with van der Waals surface area (Å²) in [5.41, 5.74) is 6.32. The molecular formula is C10H14BrNO2S. The Kier molecular flexibility index (Phi) is 4.76. The van der Waals surface area contributed by atoms with E-state index < -0.39 is 10.8 Å². The topological polar surface area (TPSA) is 52.3 Å². The van der Waals surface area contributed by atoms with Crippen LogP contribution in [0.1, 0.15) is 6.92 Å². The maximum Gasteiger partial charge on any atom is 0.0662 e. The van der Waals surface area contributed by atoms with E-state index in [0.29, 0.717) is 16.3 Å². The van der Waals surface area contributed by atoms with E-state index in [9.17, 15) is 4.21 Å². The third-order valence-electron chi connectivity index (χ3n) is 2.01. The van der Waals surface area contributed by atoms with Crippen molar-refractivity contribution >= 4 is 32.4 Å². The molecule has 3 nitrogen and oxygen atoms in total. The first-order chi connectivity index (χ1) is 7.04. The van der Waals surface area contributed by atoms with Crippen LogP contribution in [0.15, 0.2) is 27.6 Å². The van der Waals surface area contributed by atoms with Gasteiger partial charge in [-0.15, -0.1) is 0 Å². The number of benzene rings is 1. The quantitative estimate of drug-likeness (QED) is 0.865. The highest BCUT2D eigenvalue weighted by Gasteiger charge is 2.11. The molecule has 0 heterocycles. The van der Waals surface area contributed by atoms with Crippen LogP contribution in [0.2, 0.25) is 0 Å². The average Bonchev–Trinajstić information content (AvgIpc) is 2.17. The predicted octanol–water partition coefficient (Wildman–Crippen LogP) is 2.17. The lowest BCUT2D eigenvalue weighted by Gasteiger charge is -2.10. The SMILES string of the molecule is COC(C)CS(=O)c1ccc(Br)cc1N. The van der Waals surface area contributed by atoms with Crippen molar-refractivity contribution in [3.63, 3.8) is 0 Å². The molecule has 0 saturated heterocycles. The minimum Gasteiger partial charge on any atom is -0.398 e. The number of ether oxygens (including phenoxy) is 1. The lowest BCUT2D eigenvalue weighted by molar-refractivity contribution is 0.137. The molecule has 84 valence electrons. The Balaban J connectivity index is 2.82. The first-order valence-corrected chi connectivity index (χ1v) is 6.62. The molecule has 1 rings (SSSR count). The van der Waals surface area contributed by atoms with E-state index in [1.807, 2.05) is 13.0 Å². The van der Waals surface area contributed by atoms with Crippen LogP contribution in [0.25, 0.3) is 0 Å². The normalized spacial score (nSPS) is 14.9. The number of halogens is 1. The van der Waals surface area contributed by atoms with Crippen molar-refractivity contribution in [3.05, 3.63) is 22.7 Å². The lowest BCUT2D eigenvalue weighted by atomic mass is 10.3. The fraction of sp³-hybridized carbons (Fsp3) is 0.400. The molecule has 5 heteroatoms. The zero-order valence-electron chi connectivity index (χ0n) is 8.70. The van der Waals surface area contributed by atoms with E-state index in [2.05, 4.69) is 15.9 Å². The summed E-state index contributed by atoms with van der Waals surface area (Å²) >= 11 is 3.31. The molecule has 0 aliphatic rings. The van der Waals surface area contributed by atoms with Crippen LogP contribution >= 0.6 is 15.9 Å². The molecule has 1 aromatic carbocycles. The van der Waals surface area contributed by atoms with Gasteiger partial charge in [0.05, 0.1) is 27.6 Å². The standard InChI is InChI=1S/C10H14BrNO2S/c1-7(14-2)6-15(13)10-4-3-8(11)5-9(10)12/h3-5,7H,6,12H2,1-2H3. The summed E-state index contributed by atoms with van der Waals surface area (Å²) in [7, 11) is 0.500. The highest BCUT2D eigenvalue weighted by Crippen LogP contribution is 2.22. The van der Waals surface area contributed by atoms with Crippen molar-refractivity contribution in [2.45, 2.75) is 17.9 Å². The van der Waals surface area contributed by atoms with Crippen LogP contribution < -0.4 is 5.73 Å². The van der Waals surface area contributed by atoms with Gasteiger partial charge >= 0.3 is 0 Å². The highest BCUT2D eigenvalue weighted by molar-refractivity contribution is 9.10. The lowest BCUT2D eigenvalue weighted by Crippen LogP contribution is -2.16. The molecule has 0 fully saturated rings. The molecule has 0 aliphatic carbocycles. The van der Waals surface area contributed by atoms with Gasteiger partial charge in [0.1, 0.15) is 0 Å². The molecule has 15 heavy (non-hydrogen) atoms. The molecule has 1 aromatic rings. The van der Waals surface area contributed by atoms with Gasteiger partial charge in [-0.1, -0.05) is 15.9 Å². The van der Waals surface area contributed by atoms with Crippen LogP contribution in [0, 0.1) is 0 Å². The third-order valence-corrected chi connectivity index (χ3v) is 4.13. The summed E-state index contributed by atoms with van der Waals surface area (Å²) in [6, 6.07) is 5.36. The maximum atomic E-state index is 11.9. The molecule has 0 radical (unpaired) electrons. The van der Waals surface area contributed by atoms with E-state index in [1.165, 1.54) is 0 Å². The van der Waals surface area contributed by atoms with Gasteiger partial charge in [0.25, 0.3) is 0 Å². The number of nitrogens with two attached hydrogens (primary N) is 1. The van der Waals surface area contributed by atoms with E-state index in [4.69, 9.17) is 10.5 Å². The first-order valence-electron chi connectivity index (χ1n) is 4.50. The zero-order chi connectivity index (χ0) is 11.4. The van der Waals surface area contributed by atoms with Crippen LogP contribution in [0.4, 0.5) is 5.69 Å². The summed E-state index contributed by atoms with van der Waals surface area (Å²) in [5, 5.41) is 0. The van der Waals surface area contributed by atoms with Gasteiger partial charge in [-0.3, -0.25) is 4.21 Å². The second-order valence-corrected chi connectivity index (χ2v) is 5.62. The Hall–Kier alpha value is -0.390. The minimum atomic E-state index is -1.10. The predicted molar refractivity (Wildman–Crippen MR) is 66.3 cm³/mol. The maximum absolute atomic E-state index is 11.9. The highest BCUT2D eigenvalue weighted by atomic mass is 79.9. The summed E-state index contributed by atoms with van der Waals surface area (Å²) in [4.78, 5) is 0.669. The Morgan fingerprint density at radius 2 is 2.27 bits per heavy atom. The van der Waals surface area contributed by atoms with Crippen LogP contribution in [0.3, 0.4) is 0 Å². The van der Waals surface area contributed by atoms with Gasteiger partial charge in [0.15, 0.2) is 0 Å².